The quantitative estimate of drug-likeness (QED) is 0.638. The Morgan fingerprint density at radius 3 is 2.50 bits per heavy atom. The van der Waals surface area contributed by atoms with Crippen molar-refractivity contribution in [2.45, 2.75) is 78.2 Å². The van der Waals surface area contributed by atoms with Crippen molar-refractivity contribution < 1.29 is 5.11 Å². The van der Waals surface area contributed by atoms with Crippen LogP contribution in [-0.4, -0.2) is 11.2 Å². The fraction of sp³-hybridized carbons (Fsp3) is 1.00. The van der Waals surface area contributed by atoms with Gasteiger partial charge in [-0.05, 0) is 37.0 Å². The molecule has 0 aromatic heterocycles. The van der Waals surface area contributed by atoms with Gasteiger partial charge in [0, 0.05) is 0 Å². The van der Waals surface area contributed by atoms with Gasteiger partial charge in [-0.2, -0.15) is 0 Å². The van der Waals surface area contributed by atoms with Crippen molar-refractivity contribution in [1.29, 1.82) is 0 Å². The molecule has 1 aliphatic rings. The Morgan fingerprint density at radius 1 is 1.12 bits per heavy atom. The van der Waals surface area contributed by atoms with Gasteiger partial charge in [0.2, 0.25) is 0 Å². The van der Waals surface area contributed by atoms with E-state index in [0.29, 0.717) is 17.8 Å². The number of aliphatic hydroxyl groups is 1. The highest BCUT2D eigenvalue weighted by atomic mass is 16.3. The maximum atomic E-state index is 10.3. The highest BCUT2D eigenvalue weighted by Crippen LogP contribution is 2.39. The zero-order valence-corrected chi connectivity index (χ0v) is 11.4. The molecule has 0 bridgehead atoms. The summed E-state index contributed by atoms with van der Waals surface area (Å²) < 4.78 is 0. The number of aliphatic hydroxyl groups excluding tert-OH is 1. The topological polar surface area (TPSA) is 20.2 Å². The second-order valence-electron chi connectivity index (χ2n) is 5.73. The molecular weight excluding hydrogens is 196 g/mol. The number of hydrogen-bond donors (Lipinski definition) is 1. The summed E-state index contributed by atoms with van der Waals surface area (Å²) in [6, 6.07) is 0. The summed E-state index contributed by atoms with van der Waals surface area (Å²) in [5.41, 5.74) is 0. The van der Waals surface area contributed by atoms with Gasteiger partial charge in [-0.3, -0.25) is 0 Å². The van der Waals surface area contributed by atoms with Gasteiger partial charge < -0.3 is 5.11 Å². The Kier molecular flexibility index (Phi) is 6.41. The van der Waals surface area contributed by atoms with Crippen molar-refractivity contribution in [2.24, 2.45) is 17.8 Å². The lowest BCUT2D eigenvalue weighted by atomic mass is 9.86. The number of unbranched alkanes of at least 4 members (excludes halogenated alkanes) is 3. The monoisotopic (exact) mass is 226 g/mol. The van der Waals surface area contributed by atoms with E-state index >= 15 is 0 Å². The molecule has 0 aliphatic heterocycles. The van der Waals surface area contributed by atoms with Gasteiger partial charge in [0.15, 0.2) is 0 Å². The third-order valence-corrected chi connectivity index (χ3v) is 4.60. The molecule has 4 atom stereocenters. The van der Waals surface area contributed by atoms with Gasteiger partial charge in [-0.25, -0.2) is 0 Å². The lowest BCUT2D eigenvalue weighted by molar-refractivity contribution is 0.0628. The number of rotatable bonds is 7. The molecule has 1 saturated carbocycles. The van der Waals surface area contributed by atoms with Crippen molar-refractivity contribution in [2.75, 3.05) is 0 Å². The Bertz CT molecular complexity index is 178. The smallest absolute Gasteiger partial charge is 0.0599 e. The second kappa shape index (κ2) is 7.32. The molecule has 1 aliphatic carbocycles. The van der Waals surface area contributed by atoms with E-state index in [1.807, 2.05) is 0 Å². The molecular formula is C15H30O. The first-order valence-electron chi connectivity index (χ1n) is 7.38. The van der Waals surface area contributed by atoms with Crippen molar-refractivity contribution in [1.82, 2.24) is 0 Å². The molecule has 0 spiro atoms. The molecule has 4 unspecified atom stereocenters. The van der Waals surface area contributed by atoms with Crippen molar-refractivity contribution in [3.05, 3.63) is 0 Å². The molecule has 0 saturated heterocycles. The molecule has 0 amide bonds. The van der Waals surface area contributed by atoms with E-state index in [1.165, 1.54) is 51.4 Å². The first kappa shape index (κ1) is 14.0. The van der Waals surface area contributed by atoms with Gasteiger partial charge in [-0.15, -0.1) is 0 Å². The largest absolute Gasteiger partial charge is 0.393 e. The van der Waals surface area contributed by atoms with E-state index in [4.69, 9.17) is 0 Å². The molecule has 0 aromatic rings. The van der Waals surface area contributed by atoms with Crippen LogP contribution < -0.4 is 0 Å². The van der Waals surface area contributed by atoms with Crippen LogP contribution in [0.25, 0.3) is 0 Å². The van der Waals surface area contributed by atoms with Crippen LogP contribution in [0.2, 0.25) is 0 Å². The van der Waals surface area contributed by atoms with Crippen LogP contribution >= 0.6 is 0 Å². The molecule has 0 radical (unpaired) electrons. The summed E-state index contributed by atoms with van der Waals surface area (Å²) in [4.78, 5) is 0. The van der Waals surface area contributed by atoms with Crippen LogP contribution in [0.3, 0.4) is 0 Å². The lowest BCUT2D eigenvalue weighted by Gasteiger charge is -2.24. The Hall–Kier alpha value is -0.0400. The SMILES string of the molecule is CCCCCCC1CCC(C(C)CC)C1O. The summed E-state index contributed by atoms with van der Waals surface area (Å²) >= 11 is 0. The highest BCUT2D eigenvalue weighted by Gasteiger charge is 2.36. The summed E-state index contributed by atoms with van der Waals surface area (Å²) in [5.74, 6) is 1.90. The third kappa shape index (κ3) is 3.76. The first-order chi connectivity index (χ1) is 7.70. The van der Waals surface area contributed by atoms with Crippen LogP contribution in [0.15, 0.2) is 0 Å². The van der Waals surface area contributed by atoms with Crippen LogP contribution in [0.1, 0.15) is 72.1 Å². The Balaban J connectivity index is 2.25. The predicted octanol–water partition coefficient (Wildman–Crippen LogP) is 4.39. The molecule has 1 rings (SSSR count). The average molecular weight is 226 g/mol. The van der Waals surface area contributed by atoms with Gasteiger partial charge in [0.05, 0.1) is 6.10 Å². The molecule has 1 heteroatoms. The van der Waals surface area contributed by atoms with Gasteiger partial charge in [0.25, 0.3) is 0 Å². The van der Waals surface area contributed by atoms with Gasteiger partial charge in [-0.1, -0.05) is 52.9 Å². The Morgan fingerprint density at radius 2 is 1.88 bits per heavy atom. The minimum absolute atomic E-state index is 0.00317. The normalized spacial score (nSPS) is 31.9. The fourth-order valence-electron chi connectivity index (χ4n) is 3.17. The standard InChI is InChI=1S/C15H30O/c1-4-6-7-8-9-13-10-11-14(15(13)16)12(3)5-2/h12-16H,4-11H2,1-3H3. The van der Waals surface area contributed by atoms with E-state index in [0.717, 1.165) is 0 Å². The highest BCUT2D eigenvalue weighted by molar-refractivity contribution is 4.86. The second-order valence-corrected chi connectivity index (χ2v) is 5.73. The third-order valence-electron chi connectivity index (χ3n) is 4.60. The van der Waals surface area contributed by atoms with Crippen molar-refractivity contribution >= 4 is 0 Å². The van der Waals surface area contributed by atoms with E-state index in [1.54, 1.807) is 0 Å². The molecule has 0 aromatic carbocycles. The zero-order valence-electron chi connectivity index (χ0n) is 11.4. The first-order valence-corrected chi connectivity index (χ1v) is 7.38. The molecule has 1 nitrogen and oxygen atoms in total. The zero-order chi connectivity index (χ0) is 12.0. The van der Waals surface area contributed by atoms with Crippen LogP contribution in [0, 0.1) is 17.8 Å². The molecule has 16 heavy (non-hydrogen) atoms. The minimum atomic E-state index is -0.00317. The predicted molar refractivity (Wildman–Crippen MR) is 70.4 cm³/mol. The molecule has 1 N–H and O–H groups in total. The summed E-state index contributed by atoms with van der Waals surface area (Å²) in [6.07, 6.45) is 10.3. The average Bonchev–Trinajstić information content (AvgIpc) is 2.65. The fourth-order valence-corrected chi connectivity index (χ4v) is 3.17. The molecule has 96 valence electrons. The van der Waals surface area contributed by atoms with Crippen LogP contribution in [-0.2, 0) is 0 Å². The van der Waals surface area contributed by atoms with Crippen LogP contribution in [0.5, 0.6) is 0 Å². The lowest BCUT2D eigenvalue weighted by Crippen LogP contribution is -2.25. The van der Waals surface area contributed by atoms with Crippen molar-refractivity contribution in [3.8, 4) is 0 Å². The van der Waals surface area contributed by atoms with Crippen LogP contribution in [0.4, 0.5) is 0 Å². The van der Waals surface area contributed by atoms with E-state index in [-0.39, 0.29) is 6.10 Å². The summed E-state index contributed by atoms with van der Waals surface area (Å²) in [7, 11) is 0. The van der Waals surface area contributed by atoms with E-state index in [9.17, 15) is 5.11 Å². The Labute approximate surface area is 102 Å². The van der Waals surface area contributed by atoms with Crippen molar-refractivity contribution in [3.63, 3.8) is 0 Å². The van der Waals surface area contributed by atoms with Gasteiger partial charge in [0.1, 0.15) is 0 Å². The van der Waals surface area contributed by atoms with E-state index < -0.39 is 0 Å². The number of hydrogen-bond acceptors (Lipinski definition) is 1. The minimum Gasteiger partial charge on any atom is -0.393 e. The summed E-state index contributed by atoms with van der Waals surface area (Å²) in [6.45, 7) is 6.79. The van der Waals surface area contributed by atoms with Gasteiger partial charge >= 0.3 is 0 Å². The molecule has 1 fully saturated rings. The maximum Gasteiger partial charge on any atom is 0.0599 e. The molecule has 0 heterocycles. The van der Waals surface area contributed by atoms with E-state index in [2.05, 4.69) is 20.8 Å². The summed E-state index contributed by atoms with van der Waals surface area (Å²) in [5, 5.41) is 10.3. The maximum absolute atomic E-state index is 10.3.